The van der Waals surface area contributed by atoms with Gasteiger partial charge >= 0.3 is 11.9 Å². The smallest absolute Gasteiger partial charge is 0.342 e. The Morgan fingerprint density at radius 1 is 1.42 bits per heavy atom. The molecule has 0 spiro atoms. The Labute approximate surface area is 140 Å². The molecule has 1 aromatic rings. The molecule has 0 amide bonds. The maximum Gasteiger partial charge on any atom is 0.342 e. The SMILES string of the molecule is COc1c(C)c2c(c(O)c1CC=C=C(C)CCC(=O)O)C(=O)OC2. The second-order valence-corrected chi connectivity index (χ2v) is 5.64. The van der Waals surface area contributed by atoms with Crippen LogP contribution < -0.4 is 4.74 Å². The number of carboxylic acids is 1. The third kappa shape index (κ3) is 3.44. The minimum absolute atomic E-state index is 0.0467. The second-order valence-electron chi connectivity index (χ2n) is 5.64. The number of ether oxygens (including phenoxy) is 2. The third-order valence-electron chi connectivity index (χ3n) is 4.02. The summed E-state index contributed by atoms with van der Waals surface area (Å²) in [5, 5.41) is 19.1. The van der Waals surface area contributed by atoms with E-state index in [1.807, 2.05) is 6.92 Å². The van der Waals surface area contributed by atoms with Gasteiger partial charge in [0.05, 0.1) is 7.11 Å². The maximum atomic E-state index is 11.8. The molecular weight excluding hydrogens is 312 g/mol. The van der Waals surface area contributed by atoms with E-state index in [0.717, 1.165) is 11.1 Å². The minimum atomic E-state index is -0.858. The van der Waals surface area contributed by atoms with Crippen molar-refractivity contribution < 1.29 is 29.3 Å². The number of rotatable bonds is 6. The van der Waals surface area contributed by atoms with Crippen LogP contribution in [0.2, 0.25) is 0 Å². The van der Waals surface area contributed by atoms with Gasteiger partial charge in [0.2, 0.25) is 0 Å². The average Bonchev–Trinajstić information content (AvgIpc) is 2.92. The summed E-state index contributed by atoms with van der Waals surface area (Å²) < 4.78 is 10.4. The van der Waals surface area contributed by atoms with E-state index in [1.54, 1.807) is 13.0 Å². The van der Waals surface area contributed by atoms with E-state index in [9.17, 15) is 14.7 Å². The normalized spacial score (nSPS) is 12.2. The number of carbonyl (C=O) groups excluding carboxylic acids is 1. The Morgan fingerprint density at radius 2 is 2.12 bits per heavy atom. The van der Waals surface area contributed by atoms with Crippen molar-refractivity contribution in [3.05, 3.63) is 39.6 Å². The summed E-state index contributed by atoms with van der Waals surface area (Å²) in [7, 11) is 1.51. The van der Waals surface area contributed by atoms with Gasteiger partial charge in [-0.25, -0.2) is 4.79 Å². The topological polar surface area (TPSA) is 93.1 Å². The summed E-state index contributed by atoms with van der Waals surface area (Å²) in [4.78, 5) is 22.4. The highest BCUT2D eigenvalue weighted by atomic mass is 16.5. The van der Waals surface area contributed by atoms with Crippen LogP contribution in [0.5, 0.6) is 11.5 Å². The molecule has 24 heavy (non-hydrogen) atoms. The lowest BCUT2D eigenvalue weighted by atomic mass is 9.95. The molecule has 2 N–H and O–H groups in total. The summed E-state index contributed by atoms with van der Waals surface area (Å²) >= 11 is 0. The number of phenolic OH excluding ortho intramolecular Hbond substituents is 1. The van der Waals surface area contributed by atoms with E-state index in [0.29, 0.717) is 29.7 Å². The number of carbonyl (C=O) groups is 2. The molecule has 0 bridgehead atoms. The number of aliphatic carboxylic acids is 1. The van der Waals surface area contributed by atoms with Crippen molar-refractivity contribution in [2.24, 2.45) is 0 Å². The molecule has 128 valence electrons. The first-order valence-corrected chi connectivity index (χ1v) is 7.57. The Bertz CT molecular complexity index is 754. The molecule has 2 rings (SSSR count). The van der Waals surface area contributed by atoms with Gasteiger partial charge in [-0.3, -0.25) is 4.79 Å². The molecule has 1 heterocycles. The van der Waals surface area contributed by atoms with Gasteiger partial charge < -0.3 is 19.7 Å². The summed E-state index contributed by atoms with van der Waals surface area (Å²) in [5.74, 6) is -1.00. The van der Waals surface area contributed by atoms with E-state index in [-0.39, 0.29) is 24.3 Å². The van der Waals surface area contributed by atoms with Crippen LogP contribution in [0, 0.1) is 6.92 Å². The van der Waals surface area contributed by atoms with E-state index in [2.05, 4.69) is 5.73 Å². The molecule has 6 nitrogen and oxygen atoms in total. The number of phenols is 1. The van der Waals surface area contributed by atoms with Crippen molar-refractivity contribution in [3.63, 3.8) is 0 Å². The summed E-state index contributed by atoms with van der Waals surface area (Å²) in [6, 6.07) is 0. The molecule has 1 aliphatic rings. The van der Waals surface area contributed by atoms with Crippen LogP contribution in [-0.4, -0.2) is 29.3 Å². The molecule has 0 aliphatic carbocycles. The number of hydrogen-bond acceptors (Lipinski definition) is 5. The number of benzene rings is 1. The molecule has 0 radical (unpaired) electrons. The van der Waals surface area contributed by atoms with Crippen molar-refractivity contribution in [2.75, 3.05) is 7.11 Å². The Hall–Kier alpha value is -2.72. The number of methoxy groups -OCH3 is 1. The van der Waals surface area contributed by atoms with Gasteiger partial charge in [-0.1, -0.05) is 0 Å². The van der Waals surface area contributed by atoms with Crippen molar-refractivity contribution >= 4 is 11.9 Å². The number of fused-ring (bicyclic) bond motifs is 1. The second kappa shape index (κ2) is 7.23. The first-order valence-electron chi connectivity index (χ1n) is 7.57. The monoisotopic (exact) mass is 332 g/mol. The van der Waals surface area contributed by atoms with Crippen LogP contribution in [0.15, 0.2) is 17.4 Å². The van der Waals surface area contributed by atoms with Crippen molar-refractivity contribution in [2.45, 2.75) is 39.7 Å². The number of allylic oxidation sites excluding steroid dienone is 1. The van der Waals surface area contributed by atoms with Crippen LogP contribution in [0.25, 0.3) is 0 Å². The highest BCUT2D eigenvalue weighted by Crippen LogP contribution is 2.41. The van der Waals surface area contributed by atoms with Crippen molar-refractivity contribution in [1.82, 2.24) is 0 Å². The van der Waals surface area contributed by atoms with Crippen molar-refractivity contribution in [1.29, 1.82) is 0 Å². The van der Waals surface area contributed by atoms with Gasteiger partial charge in [-0.05, 0) is 37.5 Å². The fourth-order valence-corrected chi connectivity index (χ4v) is 2.72. The first-order chi connectivity index (χ1) is 11.4. The first kappa shape index (κ1) is 17.6. The lowest BCUT2D eigenvalue weighted by molar-refractivity contribution is -0.136. The number of cyclic esters (lactones) is 1. The lowest BCUT2D eigenvalue weighted by Crippen LogP contribution is -2.02. The molecule has 0 unspecified atom stereocenters. The Kier molecular flexibility index (Phi) is 5.31. The van der Waals surface area contributed by atoms with Gasteiger partial charge in [0.25, 0.3) is 0 Å². The highest BCUT2D eigenvalue weighted by molar-refractivity contribution is 5.98. The van der Waals surface area contributed by atoms with Gasteiger partial charge in [-0.15, -0.1) is 5.73 Å². The summed E-state index contributed by atoms with van der Waals surface area (Å²) in [6.45, 7) is 3.75. The zero-order valence-electron chi connectivity index (χ0n) is 13.9. The standard InChI is InChI=1S/C18H20O6/c1-10(7-8-14(19)20)5-4-6-12-16(21)15-13(9-24-18(15)22)11(2)17(12)23-3/h4,21H,6-9H2,1-3H3,(H,19,20). The molecule has 0 fully saturated rings. The summed E-state index contributed by atoms with van der Waals surface area (Å²) in [6.07, 6.45) is 2.46. The van der Waals surface area contributed by atoms with Gasteiger partial charge in [0.1, 0.15) is 23.7 Å². The fourth-order valence-electron chi connectivity index (χ4n) is 2.72. The van der Waals surface area contributed by atoms with Crippen LogP contribution in [0.4, 0.5) is 0 Å². The molecule has 0 saturated heterocycles. The van der Waals surface area contributed by atoms with Gasteiger partial charge in [-0.2, -0.15) is 0 Å². The molecule has 0 atom stereocenters. The largest absolute Gasteiger partial charge is 0.507 e. The number of esters is 1. The third-order valence-corrected chi connectivity index (χ3v) is 4.02. The lowest BCUT2D eigenvalue weighted by Gasteiger charge is -2.15. The van der Waals surface area contributed by atoms with Crippen LogP contribution in [-0.2, 0) is 22.6 Å². The number of carboxylic acid groups (broad SMARTS) is 1. The van der Waals surface area contributed by atoms with Crippen LogP contribution in [0.3, 0.4) is 0 Å². The molecule has 0 saturated carbocycles. The zero-order valence-corrected chi connectivity index (χ0v) is 13.9. The average molecular weight is 332 g/mol. The zero-order chi connectivity index (χ0) is 17.9. The highest BCUT2D eigenvalue weighted by Gasteiger charge is 2.31. The fraction of sp³-hybridized carbons (Fsp3) is 0.389. The Balaban J connectivity index is 2.35. The van der Waals surface area contributed by atoms with Crippen molar-refractivity contribution in [3.8, 4) is 11.5 Å². The van der Waals surface area contributed by atoms with E-state index >= 15 is 0 Å². The summed E-state index contributed by atoms with van der Waals surface area (Å²) in [5.41, 5.74) is 5.92. The molecule has 6 heteroatoms. The maximum absolute atomic E-state index is 11.8. The van der Waals surface area contributed by atoms with E-state index in [4.69, 9.17) is 14.6 Å². The van der Waals surface area contributed by atoms with E-state index < -0.39 is 11.9 Å². The number of hydrogen-bond donors (Lipinski definition) is 2. The Morgan fingerprint density at radius 3 is 2.75 bits per heavy atom. The van der Waals surface area contributed by atoms with Crippen LogP contribution in [0.1, 0.15) is 46.8 Å². The predicted molar refractivity (Wildman–Crippen MR) is 86.4 cm³/mol. The number of aromatic hydroxyl groups is 1. The predicted octanol–water partition coefficient (Wildman–Crippen LogP) is 2.89. The van der Waals surface area contributed by atoms with E-state index in [1.165, 1.54) is 7.11 Å². The quantitative estimate of drug-likeness (QED) is 0.614. The van der Waals surface area contributed by atoms with Gasteiger partial charge in [0, 0.05) is 24.0 Å². The molecule has 1 aliphatic heterocycles. The van der Waals surface area contributed by atoms with Gasteiger partial charge in [0.15, 0.2) is 0 Å². The molecular formula is C18H20O6. The minimum Gasteiger partial charge on any atom is -0.507 e. The molecule has 0 aromatic heterocycles. The molecule has 1 aromatic carbocycles. The van der Waals surface area contributed by atoms with Crippen LogP contribution >= 0.6 is 0 Å².